The molecule has 0 fully saturated rings. The van der Waals surface area contributed by atoms with Gasteiger partial charge in [0, 0.05) is 5.69 Å². The molecule has 1 unspecified atom stereocenters. The lowest BCUT2D eigenvalue weighted by Gasteiger charge is -2.17. The van der Waals surface area contributed by atoms with Crippen molar-refractivity contribution in [3.8, 4) is 0 Å². The fourth-order valence-corrected chi connectivity index (χ4v) is 5.48. The van der Waals surface area contributed by atoms with Gasteiger partial charge in [0.05, 0.1) is 27.0 Å². The van der Waals surface area contributed by atoms with Gasteiger partial charge in [0.15, 0.2) is 0 Å². The molecule has 0 aliphatic heterocycles. The number of carbonyl (C=O) groups excluding carboxylic acids is 1. The zero-order valence-electron chi connectivity index (χ0n) is 18.9. The quantitative estimate of drug-likeness (QED) is 0.510. The van der Waals surface area contributed by atoms with Crippen molar-refractivity contribution in [3.63, 3.8) is 0 Å². The second kappa shape index (κ2) is 9.19. The van der Waals surface area contributed by atoms with Crippen LogP contribution in [0.1, 0.15) is 48.3 Å². The van der Waals surface area contributed by atoms with Crippen molar-refractivity contribution in [2.24, 2.45) is 0 Å². The van der Waals surface area contributed by atoms with Crippen LogP contribution in [0.5, 0.6) is 0 Å². The first-order valence-electron chi connectivity index (χ1n) is 10.9. The topological polar surface area (TPSA) is 93.1 Å². The van der Waals surface area contributed by atoms with Crippen LogP contribution < -0.4 is 10.0 Å². The van der Waals surface area contributed by atoms with Gasteiger partial charge in [-0.05, 0) is 94.0 Å². The van der Waals surface area contributed by atoms with Gasteiger partial charge in [0.2, 0.25) is 5.91 Å². The molecule has 0 saturated carbocycles. The highest BCUT2D eigenvalue weighted by Crippen LogP contribution is 2.29. The first kappa shape index (κ1) is 23.3. The summed E-state index contributed by atoms with van der Waals surface area (Å²) in [6.45, 7) is 5.51. The molecule has 174 valence electrons. The van der Waals surface area contributed by atoms with Crippen molar-refractivity contribution < 1.29 is 13.2 Å². The molecule has 3 aromatic rings. The van der Waals surface area contributed by atoms with Crippen LogP contribution in [-0.4, -0.2) is 24.1 Å². The Hall–Kier alpha value is -2.84. The highest BCUT2D eigenvalue weighted by molar-refractivity contribution is 7.92. The van der Waals surface area contributed by atoms with Crippen molar-refractivity contribution in [3.05, 3.63) is 70.0 Å². The smallest absolute Gasteiger partial charge is 0.261 e. The minimum absolute atomic E-state index is 0.231. The lowest BCUT2D eigenvalue weighted by Crippen LogP contribution is -2.25. The van der Waals surface area contributed by atoms with E-state index in [2.05, 4.69) is 15.1 Å². The second-order valence-electron chi connectivity index (χ2n) is 8.47. The maximum absolute atomic E-state index is 12.9. The van der Waals surface area contributed by atoms with E-state index in [1.807, 2.05) is 26.0 Å². The zero-order chi connectivity index (χ0) is 23.8. The molecule has 1 atom stereocenters. The molecule has 1 aliphatic carbocycles. The van der Waals surface area contributed by atoms with Crippen LogP contribution in [0, 0.1) is 13.8 Å². The van der Waals surface area contributed by atoms with E-state index < -0.39 is 16.1 Å². The molecule has 2 aromatic carbocycles. The summed E-state index contributed by atoms with van der Waals surface area (Å²) in [5.41, 5.74) is 4.75. The van der Waals surface area contributed by atoms with E-state index >= 15 is 0 Å². The van der Waals surface area contributed by atoms with Gasteiger partial charge in [-0.15, -0.1) is 0 Å². The maximum Gasteiger partial charge on any atom is 0.261 e. The Morgan fingerprint density at radius 1 is 1.06 bits per heavy atom. The molecule has 4 rings (SSSR count). The van der Waals surface area contributed by atoms with Crippen LogP contribution in [0.15, 0.2) is 47.4 Å². The molecular formula is C24H27ClN4O3S. The van der Waals surface area contributed by atoms with E-state index in [0.29, 0.717) is 11.4 Å². The first-order chi connectivity index (χ1) is 15.6. The van der Waals surface area contributed by atoms with E-state index in [-0.39, 0.29) is 15.8 Å². The summed E-state index contributed by atoms with van der Waals surface area (Å²) in [7, 11) is -3.76. The predicted octanol–water partition coefficient (Wildman–Crippen LogP) is 5.03. The average Bonchev–Trinajstić information content (AvgIpc) is 3.12. The van der Waals surface area contributed by atoms with E-state index in [1.54, 1.807) is 35.9 Å². The lowest BCUT2D eigenvalue weighted by atomic mass is 9.92. The number of aromatic nitrogens is 2. The monoisotopic (exact) mass is 486 g/mol. The third kappa shape index (κ3) is 5.07. The lowest BCUT2D eigenvalue weighted by molar-refractivity contribution is -0.119. The summed E-state index contributed by atoms with van der Waals surface area (Å²) in [4.78, 5) is 12.9. The third-order valence-electron chi connectivity index (χ3n) is 5.90. The van der Waals surface area contributed by atoms with Crippen LogP contribution >= 0.6 is 11.6 Å². The van der Waals surface area contributed by atoms with Crippen LogP contribution in [0.4, 0.5) is 11.4 Å². The highest BCUT2D eigenvalue weighted by atomic mass is 35.5. The van der Waals surface area contributed by atoms with E-state index in [4.69, 9.17) is 11.6 Å². The largest absolute Gasteiger partial charge is 0.323 e. The number of rotatable bonds is 6. The Morgan fingerprint density at radius 3 is 2.45 bits per heavy atom. The molecule has 0 saturated heterocycles. The average molecular weight is 487 g/mol. The molecule has 33 heavy (non-hydrogen) atoms. The molecule has 0 spiro atoms. The van der Waals surface area contributed by atoms with E-state index in [1.165, 1.54) is 11.6 Å². The zero-order valence-corrected chi connectivity index (χ0v) is 20.4. The normalized spacial score (nSPS) is 14.4. The van der Waals surface area contributed by atoms with Gasteiger partial charge in [0.25, 0.3) is 10.0 Å². The Labute approximate surface area is 199 Å². The number of amides is 1. The summed E-state index contributed by atoms with van der Waals surface area (Å²) < 4.78 is 30.1. The van der Waals surface area contributed by atoms with Crippen LogP contribution in [0.2, 0.25) is 5.02 Å². The van der Waals surface area contributed by atoms with Gasteiger partial charge in [0.1, 0.15) is 6.04 Å². The van der Waals surface area contributed by atoms with Crippen LogP contribution in [-0.2, 0) is 27.7 Å². The van der Waals surface area contributed by atoms with Crippen molar-refractivity contribution in [1.82, 2.24) is 9.78 Å². The van der Waals surface area contributed by atoms with Gasteiger partial charge in [-0.2, -0.15) is 5.10 Å². The van der Waals surface area contributed by atoms with E-state index in [9.17, 15) is 13.2 Å². The number of sulfonamides is 1. The standard InChI is InChI=1S/C24H27ClN4O3S/c1-15-12-16(2)29(27-15)17(3)24(30)26-23-11-9-20(14-22(23)25)28-33(31,32)21-10-8-18-6-4-5-7-19(18)13-21/h8-14,17,28H,4-7H2,1-3H3,(H,26,30). The van der Waals surface area contributed by atoms with Crippen molar-refractivity contribution in [2.45, 2.75) is 57.4 Å². The highest BCUT2D eigenvalue weighted by Gasteiger charge is 2.21. The second-order valence-corrected chi connectivity index (χ2v) is 10.6. The molecule has 1 heterocycles. The number of hydrogen-bond donors (Lipinski definition) is 2. The number of hydrogen-bond acceptors (Lipinski definition) is 4. The minimum Gasteiger partial charge on any atom is -0.323 e. The SMILES string of the molecule is Cc1cc(C)n(C(C)C(=O)Nc2ccc(NS(=O)(=O)c3ccc4c(c3)CCCC4)cc2Cl)n1. The van der Waals surface area contributed by atoms with Crippen molar-refractivity contribution in [1.29, 1.82) is 0 Å². The molecule has 0 bridgehead atoms. The Kier molecular flexibility index (Phi) is 6.50. The fraction of sp³-hybridized carbons (Fsp3) is 0.333. The van der Waals surface area contributed by atoms with Crippen LogP contribution in [0.3, 0.4) is 0 Å². The maximum atomic E-state index is 12.9. The van der Waals surface area contributed by atoms with Crippen molar-refractivity contribution in [2.75, 3.05) is 10.0 Å². The van der Waals surface area contributed by atoms with Gasteiger partial charge in [-0.3, -0.25) is 14.2 Å². The van der Waals surface area contributed by atoms with Gasteiger partial charge >= 0.3 is 0 Å². The van der Waals surface area contributed by atoms with Gasteiger partial charge in [-0.1, -0.05) is 17.7 Å². The summed E-state index contributed by atoms with van der Waals surface area (Å²) in [5, 5.41) is 7.37. The van der Waals surface area contributed by atoms with Crippen LogP contribution in [0.25, 0.3) is 0 Å². The molecular weight excluding hydrogens is 460 g/mol. The first-order valence-corrected chi connectivity index (χ1v) is 12.8. The number of carbonyl (C=O) groups is 1. The number of anilines is 2. The minimum atomic E-state index is -3.76. The number of nitrogens with one attached hydrogen (secondary N) is 2. The molecule has 1 aliphatic rings. The molecule has 1 aromatic heterocycles. The molecule has 2 N–H and O–H groups in total. The Bertz CT molecular complexity index is 1320. The third-order valence-corrected chi connectivity index (χ3v) is 7.59. The number of benzene rings is 2. The number of halogens is 1. The number of nitrogens with zero attached hydrogens (tertiary/aromatic N) is 2. The summed E-state index contributed by atoms with van der Waals surface area (Å²) in [6, 6.07) is 11.3. The Morgan fingerprint density at radius 2 is 1.79 bits per heavy atom. The van der Waals surface area contributed by atoms with Gasteiger partial charge in [-0.25, -0.2) is 8.42 Å². The van der Waals surface area contributed by atoms with E-state index in [0.717, 1.165) is 42.6 Å². The van der Waals surface area contributed by atoms with Gasteiger partial charge < -0.3 is 5.32 Å². The Balaban J connectivity index is 1.48. The summed E-state index contributed by atoms with van der Waals surface area (Å²) in [5.74, 6) is -0.273. The fourth-order valence-electron chi connectivity index (χ4n) is 4.16. The molecule has 1 amide bonds. The number of aryl methyl sites for hydroxylation is 4. The predicted molar refractivity (Wildman–Crippen MR) is 130 cm³/mol. The summed E-state index contributed by atoms with van der Waals surface area (Å²) in [6.07, 6.45) is 4.10. The molecule has 9 heteroatoms. The summed E-state index contributed by atoms with van der Waals surface area (Å²) >= 11 is 6.36. The molecule has 7 nitrogen and oxygen atoms in total. The van der Waals surface area contributed by atoms with Crippen molar-refractivity contribution >= 4 is 38.9 Å². The molecule has 0 radical (unpaired) electrons. The number of fused-ring (bicyclic) bond motifs is 1.